The van der Waals surface area contributed by atoms with Crippen molar-refractivity contribution in [3.05, 3.63) is 47.2 Å². The van der Waals surface area contributed by atoms with E-state index in [4.69, 9.17) is 4.42 Å². The summed E-state index contributed by atoms with van der Waals surface area (Å²) in [7, 11) is -3.30. The van der Waals surface area contributed by atoms with E-state index in [1.54, 1.807) is 4.31 Å². The largest absolute Gasteiger partial charge is 0.424 e. The van der Waals surface area contributed by atoms with Crippen LogP contribution in [0.5, 0.6) is 0 Å². The minimum absolute atomic E-state index is 0.0517. The second-order valence-electron chi connectivity index (χ2n) is 7.11. The summed E-state index contributed by atoms with van der Waals surface area (Å²) in [6.07, 6.45) is 0. The molecular weight excluding hydrogens is 352 g/mol. The maximum Gasteiger partial charge on any atom is 0.230 e. The molecule has 0 amide bonds. The molecule has 1 aromatic heterocycles. The molecule has 7 nitrogen and oxygen atoms in total. The molecule has 1 aromatic carbocycles. The lowest BCUT2D eigenvalue weighted by molar-refractivity contribution is 0.167. The van der Waals surface area contributed by atoms with Gasteiger partial charge in [-0.2, -0.15) is 4.31 Å². The van der Waals surface area contributed by atoms with Crippen molar-refractivity contribution in [2.45, 2.75) is 39.0 Å². The summed E-state index contributed by atoms with van der Waals surface area (Å²) in [4.78, 5) is 2.15. The van der Waals surface area contributed by atoms with Crippen molar-refractivity contribution in [3.8, 4) is 0 Å². The van der Waals surface area contributed by atoms with Crippen molar-refractivity contribution in [2.75, 3.05) is 26.2 Å². The number of aryl methyl sites for hydroxylation is 1. The Morgan fingerprint density at radius 3 is 2.50 bits per heavy atom. The van der Waals surface area contributed by atoms with E-state index in [-0.39, 0.29) is 11.7 Å². The monoisotopic (exact) mass is 378 g/mol. The lowest BCUT2D eigenvalue weighted by Gasteiger charge is -2.33. The predicted molar refractivity (Wildman–Crippen MR) is 99.0 cm³/mol. The molecule has 0 bridgehead atoms. The third-order valence-corrected chi connectivity index (χ3v) is 6.34. The van der Waals surface area contributed by atoms with Crippen LogP contribution in [0.1, 0.15) is 42.7 Å². The summed E-state index contributed by atoms with van der Waals surface area (Å²) in [5.41, 5.74) is 1.90. The molecule has 2 aromatic rings. The van der Waals surface area contributed by atoms with E-state index in [1.807, 2.05) is 45.0 Å². The van der Waals surface area contributed by atoms with Gasteiger partial charge in [0, 0.05) is 32.1 Å². The first-order valence-corrected chi connectivity index (χ1v) is 10.5. The average molecular weight is 378 g/mol. The fourth-order valence-electron chi connectivity index (χ4n) is 3.02. The lowest BCUT2D eigenvalue weighted by Crippen LogP contribution is -2.48. The van der Waals surface area contributed by atoms with Gasteiger partial charge < -0.3 is 4.42 Å². The van der Waals surface area contributed by atoms with Crippen LogP contribution in [0.15, 0.2) is 28.7 Å². The summed E-state index contributed by atoms with van der Waals surface area (Å²) in [5, 5.41) is 8.11. The number of aromatic nitrogens is 2. The second kappa shape index (κ2) is 7.85. The van der Waals surface area contributed by atoms with Crippen LogP contribution in [-0.2, 0) is 22.3 Å². The van der Waals surface area contributed by atoms with Gasteiger partial charge in [0.25, 0.3) is 0 Å². The van der Waals surface area contributed by atoms with Crippen LogP contribution < -0.4 is 0 Å². The molecule has 26 heavy (non-hydrogen) atoms. The third kappa shape index (κ3) is 4.69. The average Bonchev–Trinajstić information content (AvgIpc) is 3.04. The summed E-state index contributed by atoms with van der Waals surface area (Å²) in [5.74, 6) is 1.49. The Kier molecular flexibility index (Phi) is 5.74. The van der Waals surface area contributed by atoms with Gasteiger partial charge in [-0.15, -0.1) is 10.2 Å². The molecule has 0 radical (unpaired) electrons. The van der Waals surface area contributed by atoms with Crippen molar-refractivity contribution in [1.82, 2.24) is 19.4 Å². The van der Waals surface area contributed by atoms with E-state index in [0.29, 0.717) is 44.5 Å². The Hall–Kier alpha value is -1.77. The van der Waals surface area contributed by atoms with Crippen LogP contribution in [0.25, 0.3) is 0 Å². The van der Waals surface area contributed by atoms with Gasteiger partial charge in [-0.1, -0.05) is 43.7 Å². The van der Waals surface area contributed by atoms with Gasteiger partial charge in [0.05, 0.1) is 12.3 Å². The Morgan fingerprint density at radius 1 is 1.15 bits per heavy atom. The molecular formula is C18H26N4O3S. The topological polar surface area (TPSA) is 79.5 Å². The molecule has 0 atom stereocenters. The smallest absolute Gasteiger partial charge is 0.230 e. The van der Waals surface area contributed by atoms with E-state index >= 15 is 0 Å². The first kappa shape index (κ1) is 19.0. The maximum atomic E-state index is 12.7. The summed E-state index contributed by atoms with van der Waals surface area (Å²) < 4.78 is 32.6. The van der Waals surface area contributed by atoms with E-state index in [0.717, 1.165) is 11.1 Å². The fraction of sp³-hybridized carbons (Fsp3) is 0.556. The number of hydrogen-bond acceptors (Lipinski definition) is 6. The number of piperazine rings is 1. The second-order valence-corrected chi connectivity index (χ2v) is 9.08. The minimum Gasteiger partial charge on any atom is -0.424 e. The van der Waals surface area contributed by atoms with Crippen LogP contribution in [-0.4, -0.2) is 54.0 Å². The van der Waals surface area contributed by atoms with Crippen molar-refractivity contribution in [2.24, 2.45) is 0 Å². The van der Waals surface area contributed by atoms with E-state index < -0.39 is 10.0 Å². The standard InChI is InChI=1S/C18H26N4O3S/c1-14(2)18-20-19-17(25-18)12-21-7-9-22(10-8-21)26(23,24)13-16-6-4-5-15(3)11-16/h4-6,11,14H,7-10,12-13H2,1-3H3. The number of nitrogens with zero attached hydrogens (tertiary/aromatic N) is 4. The first-order chi connectivity index (χ1) is 12.3. The Balaban J connectivity index is 1.55. The molecule has 1 aliphatic heterocycles. The number of sulfonamides is 1. The molecule has 1 saturated heterocycles. The molecule has 142 valence electrons. The molecule has 3 rings (SSSR count). The van der Waals surface area contributed by atoms with Gasteiger partial charge in [-0.05, 0) is 12.5 Å². The van der Waals surface area contributed by atoms with Crippen molar-refractivity contribution >= 4 is 10.0 Å². The highest BCUT2D eigenvalue weighted by atomic mass is 32.2. The Morgan fingerprint density at radius 2 is 1.88 bits per heavy atom. The molecule has 8 heteroatoms. The number of rotatable bonds is 6. The summed E-state index contributed by atoms with van der Waals surface area (Å²) in [6.45, 7) is 8.84. The van der Waals surface area contributed by atoms with Crippen molar-refractivity contribution in [3.63, 3.8) is 0 Å². The fourth-order valence-corrected chi connectivity index (χ4v) is 4.53. The highest BCUT2D eigenvalue weighted by Gasteiger charge is 2.27. The molecule has 0 saturated carbocycles. The van der Waals surface area contributed by atoms with Gasteiger partial charge in [0.1, 0.15) is 0 Å². The van der Waals surface area contributed by atoms with Crippen LogP contribution in [0.4, 0.5) is 0 Å². The molecule has 0 aliphatic carbocycles. The number of hydrogen-bond donors (Lipinski definition) is 0. The Bertz CT molecular complexity index is 840. The third-order valence-electron chi connectivity index (χ3n) is 4.49. The normalized spacial score (nSPS) is 17.1. The maximum absolute atomic E-state index is 12.7. The summed E-state index contributed by atoms with van der Waals surface area (Å²) in [6, 6.07) is 7.66. The molecule has 0 N–H and O–H groups in total. The van der Waals surface area contributed by atoms with Crippen LogP contribution >= 0.6 is 0 Å². The molecule has 0 unspecified atom stereocenters. The first-order valence-electron chi connectivity index (χ1n) is 8.91. The van der Waals surface area contributed by atoms with E-state index in [9.17, 15) is 8.42 Å². The zero-order valence-corrected chi connectivity index (χ0v) is 16.4. The van der Waals surface area contributed by atoms with Crippen LogP contribution in [0.2, 0.25) is 0 Å². The van der Waals surface area contributed by atoms with Gasteiger partial charge in [-0.3, -0.25) is 4.90 Å². The highest BCUT2D eigenvalue weighted by molar-refractivity contribution is 7.88. The number of benzene rings is 1. The minimum atomic E-state index is -3.30. The molecule has 0 spiro atoms. The van der Waals surface area contributed by atoms with E-state index in [1.165, 1.54) is 0 Å². The molecule has 2 heterocycles. The van der Waals surface area contributed by atoms with Crippen molar-refractivity contribution < 1.29 is 12.8 Å². The zero-order chi connectivity index (χ0) is 18.7. The lowest BCUT2D eigenvalue weighted by atomic mass is 10.2. The van der Waals surface area contributed by atoms with Gasteiger partial charge in [0.15, 0.2) is 0 Å². The quantitative estimate of drug-likeness (QED) is 0.766. The zero-order valence-electron chi connectivity index (χ0n) is 15.6. The highest BCUT2D eigenvalue weighted by Crippen LogP contribution is 2.17. The van der Waals surface area contributed by atoms with Crippen LogP contribution in [0, 0.1) is 6.92 Å². The van der Waals surface area contributed by atoms with Gasteiger partial charge >= 0.3 is 0 Å². The molecule has 1 fully saturated rings. The van der Waals surface area contributed by atoms with E-state index in [2.05, 4.69) is 15.1 Å². The SMILES string of the molecule is Cc1cccc(CS(=O)(=O)N2CCN(Cc3nnc(C(C)C)o3)CC2)c1. The van der Waals surface area contributed by atoms with Crippen LogP contribution in [0.3, 0.4) is 0 Å². The summed E-state index contributed by atoms with van der Waals surface area (Å²) >= 11 is 0. The molecule has 1 aliphatic rings. The van der Waals surface area contributed by atoms with Gasteiger partial charge in [-0.25, -0.2) is 8.42 Å². The van der Waals surface area contributed by atoms with Gasteiger partial charge in [0.2, 0.25) is 21.8 Å². The predicted octanol–water partition coefficient (Wildman–Crippen LogP) is 2.15. The van der Waals surface area contributed by atoms with Crippen molar-refractivity contribution in [1.29, 1.82) is 0 Å². The Labute approximate surface area is 155 Å².